The Labute approximate surface area is 213 Å². The molecule has 0 bridgehead atoms. The van der Waals surface area contributed by atoms with Gasteiger partial charge in [0.25, 0.3) is 0 Å². The maximum Gasteiger partial charge on any atom is 0.317 e. The molecule has 0 amide bonds. The first kappa shape index (κ1) is 33.6. The first-order valence-electron chi connectivity index (χ1n) is 15.3. The zero-order valence-corrected chi connectivity index (χ0v) is 27.5. The van der Waals surface area contributed by atoms with Crippen molar-refractivity contribution in [1.29, 1.82) is 0 Å². The minimum Gasteiger partial charge on any atom is -0.436 e. The van der Waals surface area contributed by atoms with Crippen molar-refractivity contribution in [2.45, 2.75) is 181 Å². The van der Waals surface area contributed by atoms with Crippen molar-refractivity contribution in [2.75, 3.05) is 0 Å². The molecule has 0 aromatic carbocycles. The molecule has 33 heavy (non-hydrogen) atoms. The van der Waals surface area contributed by atoms with Gasteiger partial charge in [-0.1, -0.05) is 132 Å². The molecule has 0 aliphatic rings. The molecular formula is C28H64O2Si3. The minimum atomic E-state index is -2.21. The molecule has 0 aromatic rings. The monoisotopic (exact) mass is 516 g/mol. The highest BCUT2D eigenvalue weighted by molar-refractivity contribution is 6.90. The van der Waals surface area contributed by atoms with Crippen LogP contribution in [0.3, 0.4) is 0 Å². The number of unbranched alkanes of at least 4 members (excludes halogenated alkanes) is 10. The Morgan fingerprint density at radius 1 is 0.364 bits per heavy atom. The van der Waals surface area contributed by atoms with Gasteiger partial charge in [0.05, 0.1) is 0 Å². The van der Waals surface area contributed by atoms with Gasteiger partial charge in [-0.25, -0.2) is 0 Å². The lowest BCUT2D eigenvalue weighted by Gasteiger charge is -2.46. The molecule has 5 heteroatoms. The van der Waals surface area contributed by atoms with E-state index in [4.69, 9.17) is 8.23 Å². The lowest BCUT2D eigenvalue weighted by Crippen LogP contribution is -2.58. The molecule has 0 heterocycles. The Balaban J connectivity index is 5.72. The molecule has 0 fully saturated rings. The Kier molecular flexibility index (Phi) is 20.1. The van der Waals surface area contributed by atoms with E-state index in [2.05, 4.69) is 55.4 Å². The van der Waals surface area contributed by atoms with Crippen molar-refractivity contribution in [3.8, 4) is 0 Å². The van der Waals surface area contributed by atoms with Gasteiger partial charge in [0.2, 0.25) is 0 Å². The summed E-state index contributed by atoms with van der Waals surface area (Å²) in [6.07, 6.45) is 16.4. The molecule has 0 saturated carbocycles. The van der Waals surface area contributed by atoms with Crippen LogP contribution in [-0.2, 0) is 8.23 Å². The van der Waals surface area contributed by atoms with E-state index in [-0.39, 0.29) is 0 Å². The molecule has 0 aliphatic carbocycles. The fraction of sp³-hybridized carbons (Fsp3) is 1.00. The standard InChI is InChI=1S/C28H64O2Si3/c1-9-17-19-21-23-25-27-33(28-26-24-22-20-18-10-2,29-31(11-3,12-4)13-5)30-32(14-6,15-7)16-8/h9-28H2,1-8H3. The molecule has 0 saturated heterocycles. The molecule has 0 atom stereocenters. The van der Waals surface area contributed by atoms with E-state index in [1.165, 1.54) is 125 Å². The smallest absolute Gasteiger partial charge is 0.317 e. The van der Waals surface area contributed by atoms with Crippen molar-refractivity contribution in [1.82, 2.24) is 0 Å². The van der Waals surface area contributed by atoms with Gasteiger partial charge < -0.3 is 8.23 Å². The predicted octanol–water partition coefficient (Wildman–Crippen LogP) is 11.2. The van der Waals surface area contributed by atoms with E-state index in [9.17, 15) is 0 Å². The lowest BCUT2D eigenvalue weighted by molar-refractivity contribution is 0.349. The zero-order valence-electron chi connectivity index (χ0n) is 24.5. The first-order chi connectivity index (χ1) is 15.9. The van der Waals surface area contributed by atoms with E-state index in [0.29, 0.717) is 0 Å². The summed E-state index contributed by atoms with van der Waals surface area (Å²) in [7, 11) is -5.59. The molecule has 0 aliphatic heterocycles. The van der Waals surface area contributed by atoms with Crippen LogP contribution in [0, 0.1) is 0 Å². The molecule has 0 aromatic heterocycles. The van der Waals surface area contributed by atoms with Gasteiger partial charge in [-0.15, -0.1) is 0 Å². The summed E-state index contributed by atoms with van der Waals surface area (Å²) in [5.41, 5.74) is 0. The lowest BCUT2D eigenvalue weighted by atomic mass is 10.1. The summed E-state index contributed by atoms with van der Waals surface area (Å²) in [6, 6.07) is 10.0. The quantitative estimate of drug-likeness (QED) is 0.0937. The van der Waals surface area contributed by atoms with E-state index in [1.54, 1.807) is 0 Å². The summed E-state index contributed by atoms with van der Waals surface area (Å²) in [5.74, 6) is 0. The SMILES string of the molecule is CCCCCCCC[Si](CCCCCCCC)(O[Si](CC)(CC)CC)O[Si](CC)(CC)CC. The van der Waals surface area contributed by atoms with Crippen LogP contribution < -0.4 is 0 Å². The van der Waals surface area contributed by atoms with Crippen molar-refractivity contribution in [3.63, 3.8) is 0 Å². The van der Waals surface area contributed by atoms with Gasteiger partial charge in [0, 0.05) is 0 Å². The van der Waals surface area contributed by atoms with Gasteiger partial charge in [0.15, 0.2) is 16.6 Å². The van der Waals surface area contributed by atoms with Crippen LogP contribution in [0.15, 0.2) is 0 Å². The van der Waals surface area contributed by atoms with E-state index >= 15 is 0 Å². The second-order valence-electron chi connectivity index (χ2n) is 10.6. The zero-order chi connectivity index (χ0) is 25.1. The van der Waals surface area contributed by atoms with Crippen molar-refractivity contribution >= 4 is 25.2 Å². The topological polar surface area (TPSA) is 18.5 Å². The van der Waals surface area contributed by atoms with Gasteiger partial charge >= 0.3 is 8.56 Å². The highest BCUT2D eigenvalue weighted by Crippen LogP contribution is 2.38. The Morgan fingerprint density at radius 3 is 0.909 bits per heavy atom. The predicted molar refractivity (Wildman–Crippen MR) is 159 cm³/mol. The Bertz CT molecular complexity index is 380. The summed E-state index contributed by atoms with van der Waals surface area (Å²) in [5, 5.41) is 0. The van der Waals surface area contributed by atoms with E-state index < -0.39 is 25.2 Å². The van der Waals surface area contributed by atoms with Crippen LogP contribution in [0.4, 0.5) is 0 Å². The Morgan fingerprint density at radius 2 is 0.636 bits per heavy atom. The van der Waals surface area contributed by atoms with Gasteiger partial charge in [-0.2, -0.15) is 0 Å². The molecule has 0 rings (SSSR count). The molecule has 0 N–H and O–H groups in total. The maximum absolute atomic E-state index is 7.58. The third-order valence-electron chi connectivity index (χ3n) is 8.49. The van der Waals surface area contributed by atoms with E-state index in [1.807, 2.05) is 0 Å². The second kappa shape index (κ2) is 19.7. The minimum absolute atomic E-state index is 1.25. The van der Waals surface area contributed by atoms with Crippen molar-refractivity contribution < 1.29 is 8.23 Å². The summed E-state index contributed by atoms with van der Waals surface area (Å²) in [6.45, 7) is 19.0. The Hall–Kier alpha value is 0.571. The number of hydrogen-bond acceptors (Lipinski definition) is 2. The fourth-order valence-corrected chi connectivity index (χ4v) is 22.2. The normalized spacial score (nSPS) is 13.1. The highest BCUT2D eigenvalue weighted by atomic mass is 28.5. The molecule has 0 spiro atoms. The van der Waals surface area contributed by atoms with Crippen LogP contribution in [0.5, 0.6) is 0 Å². The van der Waals surface area contributed by atoms with Gasteiger partial charge in [-0.05, 0) is 48.4 Å². The van der Waals surface area contributed by atoms with Gasteiger partial charge in [0.1, 0.15) is 0 Å². The molecule has 200 valence electrons. The summed E-state index contributed by atoms with van der Waals surface area (Å²) >= 11 is 0. The second-order valence-corrected chi connectivity index (χ2v) is 24.1. The molecule has 2 nitrogen and oxygen atoms in total. The molecule has 0 radical (unpaired) electrons. The molecule has 0 unspecified atom stereocenters. The number of hydrogen-bond donors (Lipinski definition) is 0. The maximum atomic E-state index is 7.58. The average molecular weight is 517 g/mol. The van der Waals surface area contributed by atoms with Crippen molar-refractivity contribution in [2.24, 2.45) is 0 Å². The third kappa shape index (κ3) is 12.9. The van der Waals surface area contributed by atoms with Gasteiger partial charge in [-0.3, -0.25) is 0 Å². The third-order valence-corrected chi connectivity index (χ3v) is 24.9. The van der Waals surface area contributed by atoms with Crippen LogP contribution in [0.2, 0.25) is 48.4 Å². The first-order valence-corrected chi connectivity index (χ1v) is 22.6. The summed E-state index contributed by atoms with van der Waals surface area (Å²) < 4.78 is 15.2. The largest absolute Gasteiger partial charge is 0.436 e. The number of rotatable bonds is 24. The highest BCUT2D eigenvalue weighted by Gasteiger charge is 2.48. The fourth-order valence-electron chi connectivity index (χ4n) is 5.42. The average Bonchev–Trinajstić information content (AvgIpc) is 2.85. The van der Waals surface area contributed by atoms with E-state index in [0.717, 1.165) is 0 Å². The van der Waals surface area contributed by atoms with Crippen LogP contribution in [0.1, 0.15) is 132 Å². The van der Waals surface area contributed by atoms with Crippen LogP contribution in [-0.4, -0.2) is 25.2 Å². The summed E-state index contributed by atoms with van der Waals surface area (Å²) in [4.78, 5) is 0. The van der Waals surface area contributed by atoms with Crippen LogP contribution >= 0.6 is 0 Å². The van der Waals surface area contributed by atoms with Crippen molar-refractivity contribution in [3.05, 3.63) is 0 Å². The van der Waals surface area contributed by atoms with Crippen LogP contribution in [0.25, 0.3) is 0 Å². The molecular weight excluding hydrogens is 453 g/mol.